The van der Waals surface area contributed by atoms with Gasteiger partial charge in [0.1, 0.15) is 0 Å². The van der Waals surface area contributed by atoms with E-state index in [4.69, 9.17) is 15.5 Å². The van der Waals surface area contributed by atoms with Crippen molar-refractivity contribution >= 4 is 27.8 Å². The molecule has 1 amide bonds. The van der Waals surface area contributed by atoms with Crippen molar-refractivity contribution in [1.82, 2.24) is 14.9 Å². The zero-order chi connectivity index (χ0) is 20.9. The van der Waals surface area contributed by atoms with Gasteiger partial charge >= 0.3 is 0 Å². The Bertz CT molecular complexity index is 1020. The molecule has 0 saturated heterocycles. The number of nitrogens with two attached hydrogens (primary N) is 1. The molecule has 0 unspecified atom stereocenters. The number of hydrogen-bond donors (Lipinski definition) is 1. The molecule has 2 N–H and O–H groups in total. The lowest BCUT2D eigenvalue weighted by Gasteiger charge is -2.45. The number of carbonyl (C=O) groups excluding carboxylic acids is 1. The molecular weight excluding hydrogens is 446 g/mol. The molecule has 8 heteroatoms. The fraction of sp³-hybridized carbons (Fsp3) is 0.455. The molecule has 1 aromatic carbocycles. The molecule has 3 aliphatic rings. The second kappa shape index (κ2) is 7.13. The average Bonchev–Trinajstić information content (AvgIpc) is 3.16. The second-order valence-corrected chi connectivity index (χ2v) is 9.38. The first-order valence-corrected chi connectivity index (χ1v) is 11.0. The van der Waals surface area contributed by atoms with Crippen LogP contribution in [0.1, 0.15) is 42.5 Å². The minimum absolute atomic E-state index is 0.0571. The SMILES string of the molecule is COC1CCC2(CC1)Cc1ccc(Br)cc1[C@@]21N=C(N)N(Cc2cnccn2)C1=O. The van der Waals surface area contributed by atoms with E-state index in [9.17, 15) is 4.79 Å². The van der Waals surface area contributed by atoms with Crippen LogP contribution in [-0.2, 0) is 28.0 Å². The Morgan fingerprint density at radius 3 is 2.80 bits per heavy atom. The Morgan fingerprint density at radius 1 is 1.30 bits per heavy atom. The van der Waals surface area contributed by atoms with Gasteiger partial charge < -0.3 is 10.5 Å². The molecule has 0 radical (unpaired) electrons. The highest BCUT2D eigenvalue weighted by molar-refractivity contribution is 9.10. The number of amides is 1. The van der Waals surface area contributed by atoms with Crippen LogP contribution in [0, 0.1) is 5.41 Å². The average molecular weight is 470 g/mol. The summed E-state index contributed by atoms with van der Waals surface area (Å²) in [5.41, 5.74) is 7.95. The zero-order valence-electron chi connectivity index (χ0n) is 16.8. The van der Waals surface area contributed by atoms with Gasteiger partial charge in [-0.2, -0.15) is 0 Å². The summed E-state index contributed by atoms with van der Waals surface area (Å²) in [6.07, 6.45) is 9.53. The van der Waals surface area contributed by atoms with Crippen LogP contribution in [0.5, 0.6) is 0 Å². The molecule has 1 aromatic heterocycles. The number of nitrogens with zero attached hydrogens (tertiary/aromatic N) is 4. The van der Waals surface area contributed by atoms with Gasteiger partial charge in [-0.25, -0.2) is 4.99 Å². The lowest BCUT2D eigenvalue weighted by Crippen LogP contribution is -2.52. The first kappa shape index (κ1) is 19.6. The van der Waals surface area contributed by atoms with Crippen molar-refractivity contribution in [2.45, 2.75) is 50.3 Å². The molecule has 2 spiro atoms. The molecule has 7 nitrogen and oxygen atoms in total. The standard InChI is InChI=1S/C22H24BrN5O2/c1-30-17-4-6-21(7-5-17)11-14-2-3-15(23)10-18(14)22(21)19(29)28(20(24)27-22)13-16-12-25-8-9-26-16/h2-3,8-10,12,17H,4-7,11,13H2,1H3,(H2,24,27)/t17?,21?,22-/m0/s1. The van der Waals surface area contributed by atoms with Crippen LogP contribution < -0.4 is 5.73 Å². The molecule has 2 heterocycles. The largest absolute Gasteiger partial charge is 0.381 e. The fourth-order valence-electron chi connectivity index (χ4n) is 5.56. The fourth-order valence-corrected chi connectivity index (χ4v) is 5.92. The summed E-state index contributed by atoms with van der Waals surface area (Å²) in [4.78, 5) is 29.0. The van der Waals surface area contributed by atoms with Crippen LogP contribution in [0.3, 0.4) is 0 Å². The van der Waals surface area contributed by atoms with Gasteiger partial charge in [0, 0.05) is 29.4 Å². The Balaban J connectivity index is 1.60. The molecule has 2 aliphatic carbocycles. The van der Waals surface area contributed by atoms with Crippen LogP contribution >= 0.6 is 15.9 Å². The maximum absolute atomic E-state index is 14.1. The number of aliphatic imine (C=N–C) groups is 1. The number of aromatic nitrogens is 2. The number of hydrogen-bond acceptors (Lipinski definition) is 6. The van der Waals surface area contributed by atoms with E-state index in [-0.39, 0.29) is 29.9 Å². The van der Waals surface area contributed by atoms with E-state index in [1.807, 2.05) is 12.1 Å². The van der Waals surface area contributed by atoms with E-state index in [0.29, 0.717) is 5.69 Å². The van der Waals surface area contributed by atoms with Crippen molar-refractivity contribution in [3.05, 3.63) is 58.1 Å². The van der Waals surface area contributed by atoms with Crippen molar-refractivity contribution in [1.29, 1.82) is 0 Å². The topological polar surface area (TPSA) is 93.7 Å². The molecule has 156 valence electrons. The third-order valence-electron chi connectivity index (χ3n) is 7.03. The van der Waals surface area contributed by atoms with Gasteiger partial charge in [-0.1, -0.05) is 22.0 Å². The highest BCUT2D eigenvalue weighted by Gasteiger charge is 2.66. The van der Waals surface area contributed by atoms with Crippen molar-refractivity contribution in [3.8, 4) is 0 Å². The molecule has 0 bridgehead atoms. The van der Waals surface area contributed by atoms with Gasteiger partial charge in [-0.3, -0.25) is 19.7 Å². The predicted octanol–water partition coefficient (Wildman–Crippen LogP) is 2.92. The number of benzene rings is 1. The lowest BCUT2D eigenvalue weighted by atomic mass is 9.61. The van der Waals surface area contributed by atoms with Crippen LogP contribution in [-0.4, -0.2) is 39.9 Å². The molecule has 30 heavy (non-hydrogen) atoms. The van der Waals surface area contributed by atoms with E-state index in [0.717, 1.165) is 42.1 Å². The number of ether oxygens (including phenoxy) is 1. The molecule has 1 aliphatic heterocycles. The van der Waals surface area contributed by atoms with E-state index in [1.54, 1.807) is 30.6 Å². The predicted molar refractivity (Wildman–Crippen MR) is 115 cm³/mol. The van der Waals surface area contributed by atoms with Gasteiger partial charge in [0.25, 0.3) is 5.91 Å². The highest BCUT2D eigenvalue weighted by atomic mass is 79.9. The van der Waals surface area contributed by atoms with Crippen molar-refractivity contribution in [2.75, 3.05) is 7.11 Å². The van der Waals surface area contributed by atoms with Crippen LogP contribution in [0.2, 0.25) is 0 Å². The summed E-state index contributed by atoms with van der Waals surface area (Å²) in [6.45, 7) is 0.268. The smallest absolute Gasteiger partial charge is 0.262 e. The van der Waals surface area contributed by atoms with Crippen LogP contribution in [0.15, 0.2) is 46.3 Å². The van der Waals surface area contributed by atoms with Crippen molar-refractivity contribution in [2.24, 2.45) is 16.1 Å². The number of guanidine groups is 1. The third-order valence-corrected chi connectivity index (χ3v) is 7.52. The summed E-state index contributed by atoms with van der Waals surface area (Å²) in [5, 5.41) is 0. The molecule has 1 atom stereocenters. The van der Waals surface area contributed by atoms with E-state index < -0.39 is 5.54 Å². The van der Waals surface area contributed by atoms with E-state index in [1.165, 1.54) is 5.56 Å². The van der Waals surface area contributed by atoms with Crippen molar-refractivity contribution < 1.29 is 9.53 Å². The first-order valence-electron chi connectivity index (χ1n) is 10.2. The number of methoxy groups -OCH3 is 1. The first-order chi connectivity index (χ1) is 14.5. The Labute approximate surface area is 183 Å². The number of halogens is 1. The summed E-state index contributed by atoms with van der Waals surface area (Å²) in [6, 6.07) is 6.20. The van der Waals surface area contributed by atoms with Gasteiger partial charge in [0.05, 0.1) is 24.5 Å². The monoisotopic (exact) mass is 469 g/mol. The van der Waals surface area contributed by atoms with Gasteiger partial charge in [0.2, 0.25) is 0 Å². The quantitative estimate of drug-likeness (QED) is 0.745. The maximum atomic E-state index is 14.1. The summed E-state index contributed by atoms with van der Waals surface area (Å²) in [5.74, 6) is 0.199. The van der Waals surface area contributed by atoms with Crippen LogP contribution in [0.4, 0.5) is 0 Å². The molecule has 2 aromatic rings. The van der Waals surface area contributed by atoms with Gasteiger partial charge in [-0.15, -0.1) is 0 Å². The van der Waals surface area contributed by atoms with E-state index >= 15 is 0 Å². The summed E-state index contributed by atoms with van der Waals surface area (Å²) >= 11 is 3.59. The summed E-state index contributed by atoms with van der Waals surface area (Å²) in [7, 11) is 1.76. The third kappa shape index (κ3) is 2.73. The second-order valence-electron chi connectivity index (χ2n) is 8.46. The van der Waals surface area contributed by atoms with Gasteiger partial charge in [0.15, 0.2) is 11.5 Å². The molecular formula is C22H24BrN5O2. The highest BCUT2D eigenvalue weighted by Crippen LogP contribution is 2.62. The minimum atomic E-state index is -0.989. The Morgan fingerprint density at radius 2 is 2.10 bits per heavy atom. The van der Waals surface area contributed by atoms with Crippen molar-refractivity contribution in [3.63, 3.8) is 0 Å². The summed E-state index contributed by atoms with van der Waals surface area (Å²) < 4.78 is 6.55. The zero-order valence-corrected chi connectivity index (χ0v) is 18.4. The maximum Gasteiger partial charge on any atom is 0.262 e. The molecule has 5 rings (SSSR count). The van der Waals surface area contributed by atoms with E-state index in [2.05, 4.69) is 32.0 Å². The Hall–Kier alpha value is -2.32. The van der Waals surface area contributed by atoms with Crippen LogP contribution in [0.25, 0.3) is 0 Å². The molecule has 1 fully saturated rings. The number of rotatable bonds is 3. The van der Waals surface area contributed by atoms with Gasteiger partial charge in [-0.05, 0) is 55.4 Å². The Kier molecular flexibility index (Phi) is 4.67. The lowest BCUT2D eigenvalue weighted by molar-refractivity contribution is -0.138. The number of carbonyl (C=O) groups is 1. The normalized spacial score (nSPS) is 30.2. The molecule has 1 saturated carbocycles. The minimum Gasteiger partial charge on any atom is -0.381 e. The number of fused-ring (bicyclic) bond motifs is 3.